The number of nitrogens with one attached hydrogen (secondary N) is 1. The molecule has 0 bridgehead atoms. The van der Waals surface area contributed by atoms with Crippen LogP contribution >= 0.6 is 0 Å². The van der Waals surface area contributed by atoms with E-state index in [1.807, 2.05) is 18.2 Å². The number of hydrogen-bond acceptors (Lipinski definition) is 4. The lowest BCUT2D eigenvalue weighted by Gasteiger charge is -2.31. The van der Waals surface area contributed by atoms with Gasteiger partial charge in [-0.1, -0.05) is 12.1 Å². The summed E-state index contributed by atoms with van der Waals surface area (Å²) < 4.78 is 10.8. The minimum Gasteiger partial charge on any atom is -0.454 e. The summed E-state index contributed by atoms with van der Waals surface area (Å²) in [6.07, 6.45) is 2.03. The van der Waals surface area contributed by atoms with Gasteiger partial charge in [-0.05, 0) is 24.8 Å². The van der Waals surface area contributed by atoms with E-state index >= 15 is 0 Å². The number of amides is 3. The van der Waals surface area contributed by atoms with Crippen molar-refractivity contribution in [2.75, 3.05) is 19.9 Å². The highest BCUT2D eigenvalue weighted by Crippen LogP contribution is 2.35. The molecule has 0 saturated carbocycles. The SMILES string of the molecule is NC(=O)CC1CCN(C(=O)NCc2cccc3c2OCO3)CC1. The monoisotopic (exact) mass is 319 g/mol. The van der Waals surface area contributed by atoms with Gasteiger partial charge in [-0.15, -0.1) is 0 Å². The van der Waals surface area contributed by atoms with E-state index in [0.717, 1.165) is 18.4 Å². The maximum Gasteiger partial charge on any atom is 0.317 e. The smallest absolute Gasteiger partial charge is 0.317 e. The second-order valence-corrected chi connectivity index (χ2v) is 5.91. The molecule has 7 nitrogen and oxygen atoms in total. The molecule has 2 aliphatic heterocycles. The second kappa shape index (κ2) is 6.76. The number of carbonyl (C=O) groups excluding carboxylic acids is 2. The summed E-state index contributed by atoms with van der Waals surface area (Å²) in [5.74, 6) is 1.43. The number of para-hydroxylation sites is 1. The molecule has 0 unspecified atom stereocenters. The van der Waals surface area contributed by atoms with Crippen LogP contribution in [0.25, 0.3) is 0 Å². The van der Waals surface area contributed by atoms with Crippen LogP contribution in [0.4, 0.5) is 4.79 Å². The van der Waals surface area contributed by atoms with Gasteiger partial charge in [0.05, 0.1) is 0 Å². The lowest BCUT2D eigenvalue weighted by molar-refractivity contribution is -0.119. The first-order chi connectivity index (χ1) is 11.1. The van der Waals surface area contributed by atoms with Gasteiger partial charge in [-0.2, -0.15) is 0 Å². The van der Waals surface area contributed by atoms with Crippen LogP contribution in [0.3, 0.4) is 0 Å². The second-order valence-electron chi connectivity index (χ2n) is 5.91. The van der Waals surface area contributed by atoms with Crippen molar-refractivity contribution in [2.24, 2.45) is 11.7 Å². The first kappa shape index (κ1) is 15.5. The topological polar surface area (TPSA) is 93.9 Å². The first-order valence-electron chi connectivity index (χ1n) is 7.82. The number of nitrogens with two attached hydrogens (primary N) is 1. The van der Waals surface area contributed by atoms with Crippen LogP contribution in [-0.4, -0.2) is 36.7 Å². The summed E-state index contributed by atoms with van der Waals surface area (Å²) in [6.45, 7) is 1.91. The maximum absolute atomic E-state index is 12.3. The number of benzene rings is 1. The van der Waals surface area contributed by atoms with Crippen molar-refractivity contribution >= 4 is 11.9 Å². The highest BCUT2D eigenvalue weighted by Gasteiger charge is 2.24. The Labute approximate surface area is 134 Å². The average Bonchev–Trinajstić information content (AvgIpc) is 3.02. The molecular formula is C16H21N3O4. The molecule has 23 heavy (non-hydrogen) atoms. The minimum atomic E-state index is -0.270. The molecule has 0 aromatic heterocycles. The Morgan fingerprint density at radius 2 is 2.04 bits per heavy atom. The quantitative estimate of drug-likeness (QED) is 0.872. The molecule has 7 heteroatoms. The van der Waals surface area contributed by atoms with Crippen molar-refractivity contribution in [3.8, 4) is 11.5 Å². The Morgan fingerprint density at radius 1 is 1.26 bits per heavy atom. The van der Waals surface area contributed by atoms with Crippen LogP contribution in [0.2, 0.25) is 0 Å². The molecule has 0 atom stereocenters. The number of hydrogen-bond donors (Lipinski definition) is 2. The largest absolute Gasteiger partial charge is 0.454 e. The molecule has 0 radical (unpaired) electrons. The van der Waals surface area contributed by atoms with Gasteiger partial charge in [0.25, 0.3) is 0 Å². The van der Waals surface area contributed by atoms with Crippen LogP contribution in [0, 0.1) is 5.92 Å². The molecule has 124 valence electrons. The van der Waals surface area contributed by atoms with E-state index in [4.69, 9.17) is 15.2 Å². The van der Waals surface area contributed by atoms with E-state index < -0.39 is 0 Å². The summed E-state index contributed by atoms with van der Waals surface area (Å²) in [5, 5.41) is 2.91. The van der Waals surface area contributed by atoms with Gasteiger partial charge in [0.1, 0.15) is 0 Å². The molecule has 1 aromatic rings. The average molecular weight is 319 g/mol. The zero-order valence-corrected chi connectivity index (χ0v) is 12.9. The summed E-state index contributed by atoms with van der Waals surface area (Å²) >= 11 is 0. The van der Waals surface area contributed by atoms with E-state index in [2.05, 4.69) is 5.32 Å². The third-order valence-corrected chi connectivity index (χ3v) is 4.30. The van der Waals surface area contributed by atoms with Crippen molar-refractivity contribution in [1.29, 1.82) is 0 Å². The lowest BCUT2D eigenvalue weighted by Crippen LogP contribution is -2.44. The highest BCUT2D eigenvalue weighted by molar-refractivity contribution is 5.75. The molecule has 0 aliphatic carbocycles. The Morgan fingerprint density at radius 3 is 2.78 bits per heavy atom. The Hall–Kier alpha value is -2.44. The predicted octanol–water partition coefficient (Wildman–Crippen LogP) is 1.21. The van der Waals surface area contributed by atoms with Crippen LogP contribution < -0.4 is 20.5 Å². The molecular weight excluding hydrogens is 298 g/mol. The third kappa shape index (κ3) is 3.67. The molecule has 1 saturated heterocycles. The van der Waals surface area contributed by atoms with Gasteiger partial charge in [0.2, 0.25) is 12.7 Å². The number of urea groups is 1. The summed E-state index contributed by atoms with van der Waals surface area (Å²) in [7, 11) is 0. The summed E-state index contributed by atoms with van der Waals surface area (Å²) in [4.78, 5) is 25.0. The molecule has 2 aliphatic rings. The zero-order chi connectivity index (χ0) is 16.2. The normalized spacial score (nSPS) is 17.1. The fourth-order valence-corrected chi connectivity index (χ4v) is 3.04. The van der Waals surface area contributed by atoms with Crippen molar-refractivity contribution in [1.82, 2.24) is 10.2 Å². The number of nitrogens with zero attached hydrogens (tertiary/aromatic N) is 1. The minimum absolute atomic E-state index is 0.0981. The number of fused-ring (bicyclic) bond motifs is 1. The highest BCUT2D eigenvalue weighted by atomic mass is 16.7. The van der Waals surface area contributed by atoms with Gasteiger partial charge >= 0.3 is 6.03 Å². The number of piperidine rings is 1. The molecule has 1 aromatic carbocycles. The van der Waals surface area contributed by atoms with Gasteiger partial charge in [-0.25, -0.2) is 4.79 Å². The predicted molar refractivity (Wildman–Crippen MR) is 82.9 cm³/mol. The number of likely N-dealkylation sites (tertiary alicyclic amines) is 1. The molecule has 1 fully saturated rings. The van der Waals surface area contributed by atoms with Gasteiger partial charge in [-0.3, -0.25) is 4.79 Å². The Balaban J connectivity index is 1.49. The summed E-state index contributed by atoms with van der Waals surface area (Å²) in [5.41, 5.74) is 6.12. The molecule has 3 amide bonds. The number of ether oxygens (including phenoxy) is 2. The van der Waals surface area contributed by atoms with Crippen LogP contribution in [0.5, 0.6) is 11.5 Å². The van der Waals surface area contributed by atoms with Crippen molar-refractivity contribution in [2.45, 2.75) is 25.8 Å². The van der Waals surface area contributed by atoms with E-state index in [-0.39, 0.29) is 18.7 Å². The van der Waals surface area contributed by atoms with Crippen LogP contribution in [0.1, 0.15) is 24.8 Å². The van der Waals surface area contributed by atoms with Gasteiger partial charge in [0, 0.05) is 31.6 Å². The fraction of sp³-hybridized carbons (Fsp3) is 0.500. The third-order valence-electron chi connectivity index (χ3n) is 4.30. The van der Waals surface area contributed by atoms with Crippen LogP contribution in [-0.2, 0) is 11.3 Å². The molecule has 3 rings (SSSR count). The van der Waals surface area contributed by atoms with Crippen molar-refractivity contribution < 1.29 is 19.1 Å². The van der Waals surface area contributed by atoms with Gasteiger partial charge < -0.3 is 25.4 Å². The van der Waals surface area contributed by atoms with E-state index in [0.29, 0.717) is 43.5 Å². The maximum atomic E-state index is 12.3. The van der Waals surface area contributed by atoms with E-state index in [1.165, 1.54) is 0 Å². The van der Waals surface area contributed by atoms with Crippen molar-refractivity contribution in [3.05, 3.63) is 23.8 Å². The standard InChI is InChI=1S/C16H21N3O4/c17-14(20)8-11-4-6-19(7-5-11)16(21)18-9-12-2-1-3-13-15(12)23-10-22-13/h1-3,11H,4-10H2,(H2,17,20)(H,18,21). The summed E-state index contributed by atoms with van der Waals surface area (Å²) in [6, 6.07) is 5.54. The zero-order valence-electron chi connectivity index (χ0n) is 12.9. The number of rotatable bonds is 4. The molecule has 0 spiro atoms. The molecule has 3 N–H and O–H groups in total. The number of primary amides is 1. The Bertz CT molecular complexity index is 597. The number of carbonyl (C=O) groups is 2. The lowest BCUT2D eigenvalue weighted by atomic mass is 9.93. The van der Waals surface area contributed by atoms with Crippen LogP contribution in [0.15, 0.2) is 18.2 Å². The molecule has 2 heterocycles. The fourth-order valence-electron chi connectivity index (χ4n) is 3.04. The Kier molecular flexibility index (Phi) is 4.55. The van der Waals surface area contributed by atoms with Crippen molar-refractivity contribution in [3.63, 3.8) is 0 Å². The first-order valence-corrected chi connectivity index (χ1v) is 7.82. The van der Waals surface area contributed by atoms with Gasteiger partial charge in [0.15, 0.2) is 11.5 Å². The van der Waals surface area contributed by atoms with E-state index in [1.54, 1.807) is 4.90 Å². The van der Waals surface area contributed by atoms with E-state index in [9.17, 15) is 9.59 Å².